The van der Waals surface area contributed by atoms with Crippen LogP contribution in [0.2, 0.25) is 0 Å². The molecular formula is C27H30N4O5. The number of ether oxygens (including phenoxy) is 2. The van der Waals surface area contributed by atoms with Crippen LogP contribution in [0.15, 0.2) is 59.4 Å². The zero-order valence-corrected chi connectivity index (χ0v) is 20.8. The molecule has 3 rings (SSSR count). The molecule has 0 fully saturated rings. The third-order valence-electron chi connectivity index (χ3n) is 5.65. The average molecular weight is 491 g/mol. The Morgan fingerprint density at radius 1 is 1.06 bits per heavy atom. The number of carbonyl (C=O) groups is 2. The number of ketones is 1. The Labute approximate surface area is 209 Å². The van der Waals surface area contributed by atoms with Gasteiger partial charge in [-0.2, -0.15) is 0 Å². The van der Waals surface area contributed by atoms with Crippen LogP contribution in [0.25, 0.3) is 6.08 Å². The highest BCUT2D eigenvalue weighted by Crippen LogP contribution is 2.28. The molecule has 9 nitrogen and oxygen atoms in total. The molecule has 1 heterocycles. The van der Waals surface area contributed by atoms with E-state index in [0.717, 1.165) is 11.1 Å². The zero-order valence-electron chi connectivity index (χ0n) is 20.8. The summed E-state index contributed by atoms with van der Waals surface area (Å²) in [4.78, 5) is 40.3. The Kier molecular flexibility index (Phi) is 9.10. The number of hydrogen-bond acceptors (Lipinski definition) is 7. The second-order valence-corrected chi connectivity index (χ2v) is 8.29. The van der Waals surface area contributed by atoms with Crippen molar-refractivity contribution in [1.29, 1.82) is 0 Å². The number of methoxy groups -OCH3 is 2. The van der Waals surface area contributed by atoms with E-state index in [-0.39, 0.29) is 17.9 Å². The SMILES string of the molecule is COc1ccc(Cc2nnc(C(C)NC(=O)C(CC=Cc3ccccc3)C(C)=O)c(=O)[nH]2)cc1OC. The minimum atomic E-state index is -0.872. The Hall–Kier alpha value is -4.27. The average Bonchev–Trinajstić information content (AvgIpc) is 2.86. The smallest absolute Gasteiger partial charge is 0.275 e. The molecule has 2 aromatic carbocycles. The Bertz CT molecular complexity index is 1290. The van der Waals surface area contributed by atoms with Crippen LogP contribution in [-0.4, -0.2) is 41.1 Å². The van der Waals surface area contributed by atoms with Crippen molar-refractivity contribution in [2.24, 2.45) is 5.92 Å². The van der Waals surface area contributed by atoms with E-state index in [4.69, 9.17) is 9.47 Å². The molecule has 9 heteroatoms. The van der Waals surface area contributed by atoms with Gasteiger partial charge < -0.3 is 19.8 Å². The first-order valence-electron chi connectivity index (χ1n) is 11.5. The molecule has 3 aromatic rings. The number of Topliss-reactive ketones (excluding diaryl/α,β-unsaturated/α-hetero) is 1. The van der Waals surface area contributed by atoms with Gasteiger partial charge in [-0.15, -0.1) is 10.2 Å². The van der Waals surface area contributed by atoms with Gasteiger partial charge in [-0.3, -0.25) is 14.4 Å². The molecule has 0 aliphatic rings. The number of aromatic nitrogens is 3. The number of nitrogens with zero attached hydrogens (tertiary/aromatic N) is 2. The Balaban J connectivity index is 1.66. The summed E-state index contributed by atoms with van der Waals surface area (Å²) in [6, 6.07) is 14.3. The van der Waals surface area contributed by atoms with Crippen molar-refractivity contribution < 1.29 is 19.1 Å². The molecule has 188 valence electrons. The second-order valence-electron chi connectivity index (χ2n) is 8.29. The maximum Gasteiger partial charge on any atom is 0.275 e. The van der Waals surface area contributed by atoms with Crippen LogP contribution < -0.4 is 20.3 Å². The monoisotopic (exact) mass is 490 g/mol. The van der Waals surface area contributed by atoms with Crippen molar-refractivity contribution in [3.63, 3.8) is 0 Å². The molecule has 2 unspecified atom stereocenters. The van der Waals surface area contributed by atoms with Gasteiger partial charge >= 0.3 is 0 Å². The van der Waals surface area contributed by atoms with Crippen molar-refractivity contribution in [1.82, 2.24) is 20.5 Å². The molecule has 1 amide bonds. The van der Waals surface area contributed by atoms with Gasteiger partial charge in [0, 0.05) is 6.42 Å². The summed E-state index contributed by atoms with van der Waals surface area (Å²) < 4.78 is 10.5. The fourth-order valence-electron chi connectivity index (χ4n) is 3.67. The van der Waals surface area contributed by atoms with Gasteiger partial charge in [0.25, 0.3) is 5.56 Å². The van der Waals surface area contributed by atoms with E-state index in [1.54, 1.807) is 39.4 Å². The van der Waals surface area contributed by atoms with Crippen LogP contribution >= 0.6 is 0 Å². The lowest BCUT2D eigenvalue weighted by Crippen LogP contribution is -2.38. The van der Waals surface area contributed by atoms with Gasteiger partial charge in [0.05, 0.1) is 26.2 Å². The third kappa shape index (κ3) is 6.88. The van der Waals surface area contributed by atoms with Crippen molar-refractivity contribution in [3.8, 4) is 11.5 Å². The van der Waals surface area contributed by atoms with Gasteiger partial charge in [0.1, 0.15) is 17.3 Å². The second kappa shape index (κ2) is 12.4. The number of benzene rings is 2. The van der Waals surface area contributed by atoms with E-state index in [1.807, 2.05) is 42.5 Å². The summed E-state index contributed by atoms with van der Waals surface area (Å²) in [6.45, 7) is 3.00. The van der Waals surface area contributed by atoms with Crippen LogP contribution in [0.1, 0.15) is 49.0 Å². The summed E-state index contributed by atoms with van der Waals surface area (Å²) >= 11 is 0. The van der Waals surface area contributed by atoms with Gasteiger partial charge in [0.2, 0.25) is 5.91 Å². The number of aromatic amines is 1. The predicted octanol–water partition coefficient (Wildman–Crippen LogP) is 3.26. The predicted molar refractivity (Wildman–Crippen MR) is 136 cm³/mol. The number of hydrogen-bond donors (Lipinski definition) is 2. The normalized spacial score (nSPS) is 12.7. The highest BCUT2D eigenvalue weighted by Gasteiger charge is 2.25. The molecule has 0 aliphatic heterocycles. The number of amides is 1. The molecule has 1 aromatic heterocycles. The fourth-order valence-corrected chi connectivity index (χ4v) is 3.67. The molecule has 2 atom stereocenters. The van der Waals surface area contributed by atoms with Crippen LogP contribution in [-0.2, 0) is 16.0 Å². The minimum Gasteiger partial charge on any atom is -0.493 e. The summed E-state index contributed by atoms with van der Waals surface area (Å²) in [5, 5.41) is 10.9. The number of H-pyrrole nitrogens is 1. The first-order chi connectivity index (χ1) is 17.3. The van der Waals surface area contributed by atoms with E-state index in [1.165, 1.54) is 6.92 Å². The van der Waals surface area contributed by atoms with Gasteiger partial charge in [0.15, 0.2) is 11.5 Å². The van der Waals surface area contributed by atoms with Crippen molar-refractivity contribution in [2.45, 2.75) is 32.7 Å². The third-order valence-corrected chi connectivity index (χ3v) is 5.65. The maximum atomic E-state index is 12.8. The molecule has 0 radical (unpaired) electrons. The van der Waals surface area contributed by atoms with E-state index >= 15 is 0 Å². The molecule has 0 spiro atoms. The fraction of sp³-hybridized carbons (Fsp3) is 0.296. The molecule has 0 saturated heterocycles. The largest absolute Gasteiger partial charge is 0.493 e. The van der Waals surface area contributed by atoms with Gasteiger partial charge in [-0.25, -0.2) is 0 Å². The molecule has 0 bridgehead atoms. The molecule has 2 N–H and O–H groups in total. The van der Waals surface area contributed by atoms with E-state index < -0.39 is 23.4 Å². The lowest BCUT2D eigenvalue weighted by atomic mass is 9.98. The van der Waals surface area contributed by atoms with Crippen molar-refractivity contribution >= 4 is 17.8 Å². The van der Waals surface area contributed by atoms with Crippen LogP contribution in [0.5, 0.6) is 11.5 Å². The van der Waals surface area contributed by atoms with E-state index in [0.29, 0.717) is 23.7 Å². The number of allylic oxidation sites excluding steroid dienone is 1. The first-order valence-corrected chi connectivity index (χ1v) is 11.5. The van der Waals surface area contributed by atoms with Crippen molar-refractivity contribution in [2.75, 3.05) is 14.2 Å². The minimum absolute atomic E-state index is 0.0570. The summed E-state index contributed by atoms with van der Waals surface area (Å²) in [7, 11) is 3.10. The van der Waals surface area contributed by atoms with Crippen LogP contribution in [0.4, 0.5) is 0 Å². The summed E-state index contributed by atoms with van der Waals surface area (Å²) in [6.07, 6.45) is 4.22. The van der Waals surface area contributed by atoms with E-state index in [9.17, 15) is 14.4 Å². The summed E-state index contributed by atoms with van der Waals surface area (Å²) in [5.41, 5.74) is 1.42. The molecule has 0 aliphatic carbocycles. The lowest BCUT2D eigenvalue weighted by molar-refractivity contribution is -0.133. The molecular weight excluding hydrogens is 460 g/mol. The molecule has 36 heavy (non-hydrogen) atoms. The van der Waals surface area contributed by atoms with Crippen molar-refractivity contribution in [3.05, 3.63) is 87.6 Å². The quantitative estimate of drug-likeness (QED) is 0.396. The van der Waals surface area contributed by atoms with Crippen LogP contribution in [0.3, 0.4) is 0 Å². The summed E-state index contributed by atoms with van der Waals surface area (Å²) in [5.74, 6) is -0.0750. The van der Waals surface area contributed by atoms with Gasteiger partial charge in [-0.05, 0) is 43.5 Å². The number of nitrogens with one attached hydrogen (secondary N) is 2. The number of carbonyl (C=O) groups excluding carboxylic acids is 2. The lowest BCUT2D eigenvalue weighted by Gasteiger charge is -2.17. The topological polar surface area (TPSA) is 123 Å². The Morgan fingerprint density at radius 2 is 1.78 bits per heavy atom. The highest BCUT2D eigenvalue weighted by atomic mass is 16.5. The van der Waals surface area contributed by atoms with Crippen LogP contribution in [0, 0.1) is 5.92 Å². The number of rotatable bonds is 11. The Morgan fingerprint density at radius 3 is 2.42 bits per heavy atom. The zero-order chi connectivity index (χ0) is 26.1. The van der Waals surface area contributed by atoms with Gasteiger partial charge in [-0.1, -0.05) is 48.6 Å². The van der Waals surface area contributed by atoms with E-state index in [2.05, 4.69) is 20.5 Å². The standard InChI is InChI=1S/C27H30N4O5/c1-17(28-26(33)21(18(2)32)12-8-11-19-9-6-5-7-10-19)25-27(34)29-24(30-31-25)16-20-13-14-22(35-3)23(15-20)36-4/h5-11,13-15,17,21H,12,16H2,1-4H3,(H,28,33)(H,29,30,34). The first kappa shape index (κ1) is 26.3. The molecule has 0 saturated carbocycles. The maximum absolute atomic E-state index is 12.8. The highest BCUT2D eigenvalue weighted by molar-refractivity contribution is 6.00.